The van der Waals surface area contributed by atoms with Crippen molar-refractivity contribution in [3.8, 4) is 5.75 Å². The molecule has 264 valence electrons. The van der Waals surface area contributed by atoms with Gasteiger partial charge in [0.2, 0.25) is 0 Å². The molecule has 0 spiro atoms. The van der Waals surface area contributed by atoms with E-state index >= 15 is 0 Å². The van der Waals surface area contributed by atoms with Crippen molar-refractivity contribution in [2.75, 3.05) is 7.11 Å². The predicted octanol–water partition coefficient (Wildman–Crippen LogP) is 5.20. The Hall–Kier alpha value is -3.96. The van der Waals surface area contributed by atoms with Crippen molar-refractivity contribution in [2.24, 2.45) is 17.3 Å². The zero-order valence-corrected chi connectivity index (χ0v) is 28.8. The third kappa shape index (κ3) is 7.19. The number of hydrogen-bond acceptors (Lipinski definition) is 11. The molecule has 2 aromatic rings. The van der Waals surface area contributed by atoms with Crippen LogP contribution in [-0.4, -0.2) is 67.8 Å². The van der Waals surface area contributed by atoms with Crippen molar-refractivity contribution in [1.82, 2.24) is 0 Å². The first-order chi connectivity index (χ1) is 23.5. The minimum Gasteiger partial charge on any atom is -0.489 e. The molecule has 1 aliphatic heterocycles. The molecule has 6 rings (SSSR count). The van der Waals surface area contributed by atoms with Crippen LogP contribution in [0, 0.1) is 17.3 Å². The van der Waals surface area contributed by atoms with E-state index in [9.17, 15) is 19.2 Å². The van der Waals surface area contributed by atoms with Crippen LogP contribution in [0.1, 0.15) is 82.4 Å². The average Bonchev–Trinajstić information content (AvgIpc) is 3.41. The maximum absolute atomic E-state index is 12.9. The SMILES string of the molecule is COC(=O)C1OC(OC2CCC3C4CCc5cc(OCc6ccccc6)ccc5C4CCC23C)C(OC(C)=O)C(OC(C)=O)C1OC(C)=O. The molecule has 1 heterocycles. The van der Waals surface area contributed by atoms with E-state index in [-0.39, 0.29) is 11.5 Å². The summed E-state index contributed by atoms with van der Waals surface area (Å²) in [5.41, 5.74) is 3.68. The highest BCUT2D eigenvalue weighted by molar-refractivity contribution is 5.77. The Morgan fingerprint density at radius 3 is 2.22 bits per heavy atom. The fourth-order valence-electron chi connectivity index (χ4n) is 8.92. The van der Waals surface area contributed by atoms with Gasteiger partial charge in [-0.05, 0) is 90.5 Å². The van der Waals surface area contributed by atoms with Gasteiger partial charge in [0.05, 0.1) is 13.2 Å². The van der Waals surface area contributed by atoms with Crippen LogP contribution < -0.4 is 4.74 Å². The molecule has 3 fully saturated rings. The van der Waals surface area contributed by atoms with E-state index in [1.54, 1.807) is 0 Å². The third-order valence-electron chi connectivity index (χ3n) is 11.0. The average molecular weight is 679 g/mol. The Morgan fingerprint density at radius 2 is 1.53 bits per heavy atom. The van der Waals surface area contributed by atoms with E-state index in [1.807, 2.05) is 18.2 Å². The molecule has 0 N–H and O–H groups in total. The van der Waals surface area contributed by atoms with Gasteiger partial charge in [-0.3, -0.25) is 14.4 Å². The van der Waals surface area contributed by atoms with Gasteiger partial charge >= 0.3 is 23.9 Å². The second-order valence-corrected chi connectivity index (χ2v) is 14.0. The van der Waals surface area contributed by atoms with Gasteiger partial charge < -0.3 is 33.2 Å². The van der Waals surface area contributed by atoms with Crippen molar-refractivity contribution >= 4 is 23.9 Å². The van der Waals surface area contributed by atoms with E-state index in [4.69, 9.17) is 33.2 Å². The summed E-state index contributed by atoms with van der Waals surface area (Å²) in [6.45, 7) is 6.33. The molecule has 10 atom stereocenters. The summed E-state index contributed by atoms with van der Waals surface area (Å²) in [7, 11) is 1.17. The highest BCUT2D eigenvalue weighted by Crippen LogP contribution is 2.62. The van der Waals surface area contributed by atoms with Crippen LogP contribution in [0.3, 0.4) is 0 Å². The fourth-order valence-corrected chi connectivity index (χ4v) is 8.92. The number of aryl methyl sites for hydroxylation is 1. The molecule has 1 saturated heterocycles. The lowest BCUT2D eigenvalue weighted by molar-refractivity contribution is -0.317. The van der Waals surface area contributed by atoms with E-state index in [1.165, 1.54) is 32.1 Å². The quantitative estimate of drug-likeness (QED) is 0.256. The Labute approximate surface area is 286 Å². The summed E-state index contributed by atoms with van der Waals surface area (Å²) < 4.78 is 40.5. The van der Waals surface area contributed by atoms with E-state index in [0.717, 1.165) is 56.8 Å². The van der Waals surface area contributed by atoms with Gasteiger partial charge in [0.15, 0.2) is 30.7 Å². The molecule has 4 aliphatic rings. The lowest BCUT2D eigenvalue weighted by Gasteiger charge is -2.51. The van der Waals surface area contributed by atoms with Gasteiger partial charge in [0.1, 0.15) is 12.4 Å². The number of carbonyl (C=O) groups is 4. The minimum absolute atomic E-state index is 0.216. The molecule has 10 unspecified atom stereocenters. The maximum atomic E-state index is 12.9. The van der Waals surface area contributed by atoms with Gasteiger partial charge in [0, 0.05) is 20.8 Å². The van der Waals surface area contributed by atoms with Crippen LogP contribution in [0.5, 0.6) is 5.75 Å². The van der Waals surface area contributed by atoms with Crippen LogP contribution in [0.2, 0.25) is 0 Å². The van der Waals surface area contributed by atoms with Crippen molar-refractivity contribution in [3.63, 3.8) is 0 Å². The molecule has 49 heavy (non-hydrogen) atoms. The summed E-state index contributed by atoms with van der Waals surface area (Å²) in [4.78, 5) is 49.5. The number of fused-ring (bicyclic) bond motifs is 5. The molecule has 11 nitrogen and oxygen atoms in total. The maximum Gasteiger partial charge on any atom is 0.339 e. The van der Waals surface area contributed by atoms with Crippen LogP contribution in [0.4, 0.5) is 0 Å². The van der Waals surface area contributed by atoms with E-state index < -0.39 is 54.6 Å². The van der Waals surface area contributed by atoms with Crippen LogP contribution in [0.25, 0.3) is 0 Å². The summed E-state index contributed by atoms with van der Waals surface area (Å²) in [5.74, 6) is -0.812. The zero-order chi connectivity index (χ0) is 34.9. The van der Waals surface area contributed by atoms with Crippen LogP contribution >= 0.6 is 0 Å². The van der Waals surface area contributed by atoms with E-state index in [2.05, 4.69) is 37.3 Å². The Balaban J connectivity index is 1.20. The standard InChI is InChI=1S/C38H46O11/c1-21(39)45-32-33(46-22(2)40)35(47-23(3)41)37(49-34(32)36(42)43-5)48-31-16-15-30-29-13-11-25-19-26(44-20-24-9-7-6-8-10-24)12-14-27(25)28(29)17-18-38(30,31)4/h6-10,12,14,19,28-35,37H,11,13,15-18,20H2,1-5H3. The molecule has 2 aromatic carbocycles. The summed E-state index contributed by atoms with van der Waals surface area (Å²) >= 11 is 0. The molecular formula is C38H46O11. The summed E-state index contributed by atoms with van der Waals surface area (Å²) in [5, 5.41) is 0. The van der Waals surface area contributed by atoms with Gasteiger partial charge in [-0.25, -0.2) is 4.79 Å². The number of benzene rings is 2. The van der Waals surface area contributed by atoms with Crippen molar-refractivity contribution < 1.29 is 52.3 Å². The molecule has 0 amide bonds. The number of esters is 4. The molecule has 0 radical (unpaired) electrons. The highest BCUT2D eigenvalue weighted by atomic mass is 16.7. The molecular weight excluding hydrogens is 632 g/mol. The molecule has 0 bridgehead atoms. The van der Waals surface area contributed by atoms with E-state index in [0.29, 0.717) is 24.4 Å². The first-order valence-corrected chi connectivity index (χ1v) is 17.2. The first-order valence-electron chi connectivity index (χ1n) is 17.2. The molecule has 11 heteroatoms. The lowest BCUT2D eigenvalue weighted by atomic mass is 9.55. The topological polar surface area (TPSA) is 133 Å². The number of rotatable bonds is 9. The summed E-state index contributed by atoms with van der Waals surface area (Å²) in [6, 6.07) is 16.7. The second-order valence-electron chi connectivity index (χ2n) is 14.0. The van der Waals surface area contributed by atoms with Crippen LogP contribution in [0.15, 0.2) is 48.5 Å². The summed E-state index contributed by atoms with van der Waals surface area (Å²) in [6.07, 6.45) is -1.54. The fraction of sp³-hybridized carbons (Fsp3) is 0.579. The predicted molar refractivity (Wildman–Crippen MR) is 174 cm³/mol. The molecule has 3 aliphatic carbocycles. The second kappa shape index (κ2) is 14.5. The van der Waals surface area contributed by atoms with Gasteiger partial charge in [-0.1, -0.05) is 43.3 Å². The number of ether oxygens (including phenoxy) is 7. The lowest BCUT2D eigenvalue weighted by Crippen LogP contribution is -2.64. The normalized spacial score (nSPS) is 33.2. The highest BCUT2D eigenvalue weighted by Gasteiger charge is 2.59. The van der Waals surface area contributed by atoms with Gasteiger partial charge in [0.25, 0.3) is 0 Å². The number of methoxy groups -OCH3 is 1. The van der Waals surface area contributed by atoms with Gasteiger partial charge in [-0.2, -0.15) is 0 Å². The van der Waals surface area contributed by atoms with Gasteiger partial charge in [-0.15, -0.1) is 0 Å². The van der Waals surface area contributed by atoms with Crippen molar-refractivity contribution in [3.05, 3.63) is 65.2 Å². The Morgan fingerprint density at radius 1 is 0.837 bits per heavy atom. The minimum atomic E-state index is -1.48. The smallest absolute Gasteiger partial charge is 0.339 e. The number of hydrogen-bond donors (Lipinski definition) is 0. The molecule has 2 saturated carbocycles. The largest absolute Gasteiger partial charge is 0.489 e. The van der Waals surface area contributed by atoms with Crippen molar-refractivity contribution in [2.45, 2.75) is 116 Å². The Bertz CT molecular complexity index is 1540. The Kier molecular flexibility index (Phi) is 10.3. The van der Waals surface area contributed by atoms with Crippen LogP contribution in [-0.2, 0) is 60.6 Å². The number of carbonyl (C=O) groups excluding carboxylic acids is 4. The third-order valence-corrected chi connectivity index (χ3v) is 11.0. The molecule has 0 aromatic heterocycles. The zero-order valence-electron chi connectivity index (χ0n) is 28.8. The van der Waals surface area contributed by atoms with Crippen molar-refractivity contribution in [1.29, 1.82) is 0 Å². The monoisotopic (exact) mass is 678 g/mol. The first kappa shape index (κ1) is 34.9.